The van der Waals surface area contributed by atoms with Gasteiger partial charge in [-0.15, -0.1) is 0 Å². The van der Waals surface area contributed by atoms with Crippen LogP contribution in [0.15, 0.2) is 54.6 Å². The summed E-state index contributed by atoms with van der Waals surface area (Å²) in [6, 6.07) is 15.8. The van der Waals surface area contributed by atoms with Gasteiger partial charge in [0, 0.05) is 11.6 Å². The van der Waals surface area contributed by atoms with E-state index >= 15 is 0 Å². The number of carbonyl (C=O) groups excluding carboxylic acids is 1. The standard InChI is InChI=1S/C19H21FN2O/c1-13(17(21)14-7-3-2-4-8-14)18(23)22-19(11-12-19)15-9-5-6-10-16(15)20/h2-10,13,17H,11-12,21H2,1H3,(H,22,23). The molecule has 1 amide bonds. The Balaban J connectivity index is 1.73. The van der Waals surface area contributed by atoms with E-state index in [1.807, 2.05) is 37.3 Å². The van der Waals surface area contributed by atoms with Crippen molar-refractivity contribution < 1.29 is 9.18 Å². The van der Waals surface area contributed by atoms with Crippen LogP contribution in [0.1, 0.15) is 36.9 Å². The molecule has 3 rings (SSSR count). The SMILES string of the molecule is CC(C(=O)NC1(c2ccccc2F)CC1)C(N)c1ccccc1. The zero-order valence-corrected chi connectivity index (χ0v) is 13.1. The molecule has 1 saturated carbocycles. The van der Waals surface area contributed by atoms with Crippen molar-refractivity contribution in [1.29, 1.82) is 0 Å². The number of hydrogen-bond donors (Lipinski definition) is 2. The van der Waals surface area contributed by atoms with E-state index in [0.717, 1.165) is 18.4 Å². The van der Waals surface area contributed by atoms with Gasteiger partial charge >= 0.3 is 0 Å². The van der Waals surface area contributed by atoms with Crippen LogP contribution in [0.25, 0.3) is 0 Å². The second-order valence-electron chi connectivity index (χ2n) is 6.28. The maximum absolute atomic E-state index is 14.0. The molecule has 2 aromatic rings. The summed E-state index contributed by atoms with van der Waals surface area (Å²) in [6.07, 6.45) is 1.51. The van der Waals surface area contributed by atoms with Crippen molar-refractivity contribution in [2.24, 2.45) is 11.7 Å². The Hall–Kier alpha value is -2.20. The molecule has 4 heteroatoms. The van der Waals surface area contributed by atoms with Gasteiger partial charge in [-0.25, -0.2) is 4.39 Å². The Bertz CT molecular complexity index is 698. The summed E-state index contributed by atoms with van der Waals surface area (Å²) in [5.41, 5.74) is 7.14. The second-order valence-corrected chi connectivity index (χ2v) is 6.28. The van der Waals surface area contributed by atoms with E-state index < -0.39 is 5.54 Å². The van der Waals surface area contributed by atoms with Crippen LogP contribution < -0.4 is 11.1 Å². The van der Waals surface area contributed by atoms with Crippen molar-refractivity contribution in [3.05, 3.63) is 71.5 Å². The fraction of sp³-hybridized carbons (Fsp3) is 0.316. The molecule has 2 unspecified atom stereocenters. The van der Waals surface area contributed by atoms with Gasteiger partial charge in [-0.05, 0) is 24.5 Å². The highest BCUT2D eigenvalue weighted by molar-refractivity contribution is 5.80. The molecule has 0 aliphatic heterocycles. The molecule has 2 atom stereocenters. The lowest BCUT2D eigenvalue weighted by molar-refractivity contribution is -0.126. The maximum atomic E-state index is 14.0. The molecular weight excluding hydrogens is 291 g/mol. The zero-order valence-electron chi connectivity index (χ0n) is 13.1. The number of nitrogens with one attached hydrogen (secondary N) is 1. The summed E-state index contributed by atoms with van der Waals surface area (Å²) in [6.45, 7) is 1.81. The van der Waals surface area contributed by atoms with Gasteiger partial charge < -0.3 is 11.1 Å². The van der Waals surface area contributed by atoms with E-state index in [1.54, 1.807) is 18.2 Å². The summed E-state index contributed by atoms with van der Waals surface area (Å²) in [5.74, 6) is -0.797. The normalized spacial score (nSPS) is 18.0. The molecule has 1 aliphatic carbocycles. The molecule has 1 fully saturated rings. The summed E-state index contributed by atoms with van der Waals surface area (Å²) >= 11 is 0. The molecule has 23 heavy (non-hydrogen) atoms. The van der Waals surface area contributed by atoms with E-state index in [2.05, 4.69) is 5.32 Å². The van der Waals surface area contributed by atoms with Crippen LogP contribution in [0, 0.1) is 11.7 Å². The third-order valence-electron chi connectivity index (χ3n) is 4.64. The molecule has 0 aromatic heterocycles. The average Bonchev–Trinajstić information content (AvgIpc) is 3.35. The highest BCUT2D eigenvalue weighted by Crippen LogP contribution is 2.46. The first-order valence-electron chi connectivity index (χ1n) is 7.91. The van der Waals surface area contributed by atoms with Gasteiger partial charge in [-0.2, -0.15) is 0 Å². The minimum atomic E-state index is -0.562. The zero-order chi connectivity index (χ0) is 16.4. The van der Waals surface area contributed by atoms with Gasteiger partial charge in [0.2, 0.25) is 5.91 Å². The molecule has 3 N–H and O–H groups in total. The largest absolute Gasteiger partial charge is 0.346 e. The first-order chi connectivity index (χ1) is 11.0. The third kappa shape index (κ3) is 3.13. The molecule has 0 radical (unpaired) electrons. The fourth-order valence-electron chi connectivity index (χ4n) is 2.91. The summed E-state index contributed by atoms with van der Waals surface area (Å²) in [7, 11) is 0. The van der Waals surface area contributed by atoms with Gasteiger partial charge in [-0.3, -0.25) is 4.79 Å². The minimum absolute atomic E-state index is 0.137. The molecular formula is C19H21FN2O. The van der Waals surface area contributed by atoms with E-state index in [9.17, 15) is 9.18 Å². The van der Waals surface area contributed by atoms with Gasteiger partial charge in [0.25, 0.3) is 0 Å². The molecule has 120 valence electrons. The van der Waals surface area contributed by atoms with Gasteiger partial charge in [0.05, 0.1) is 11.5 Å². The summed E-state index contributed by atoms with van der Waals surface area (Å²) < 4.78 is 14.0. The molecule has 0 saturated heterocycles. The fourth-order valence-corrected chi connectivity index (χ4v) is 2.91. The van der Waals surface area contributed by atoms with E-state index in [1.165, 1.54) is 6.07 Å². The number of hydrogen-bond acceptors (Lipinski definition) is 2. The monoisotopic (exact) mass is 312 g/mol. The second kappa shape index (κ2) is 6.13. The molecule has 0 spiro atoms. The maximum Gasteiger partial charge on any atom is 0.225 e. The number of benzene rings is 2. The number of nitrogens with two attached hydrogens (primary N) is 1. The topological polar surface area (TPSA) is 55.1 Å². The lowest BCUT2D eigenvalue weighted by Crippen LogP contribution is -2.41. The summed E-state index contributed by atoms with van der Waals surface area (Å²) in [4.78, 5) is 12.6. The van der Waals surface area contributed by atoms with Crippen LogP contribution in [0.4, 0.5) is 4.39 Å². The molecule has 1 aliphatic rings. The Labute approximate surface area is 135 Å². The Morgan fingerprint density at radius 2 is 1.74 bits per heavy atom. The van der Waals surface area contributed by atoms with Gasteiger partial charge in [-0.1, -0.05) is 55.5 Å². The minimum Gasteiger partial charge on any atom is -0.346 e. The van der Waals surface area contributed by atoms with Crippen molar-refractivity contribution in [2.75, 3.05) is 0 Å². The van der Waals surface area contributed by atoms with Crippen molar-refractivity contribution >= 4 is 5.91 Å². The van der Waals surface area contributed by atoms with Crippen molar-refractivity contribution in [3.8, 4) is 0 Å². The van der Waals surface area contributed by atoms with Crippen LogP contribution in [-0.4, -0.2) is 5.91 Å². The smallest absolute Gasteiger partial charge is 0.225 e. The molecule has 0 heterocycles. The average molecular weight is 312 g/mol. The molecule has 0 bridgehead atoms. The first-order valence-corrected chi connectivity index (χ1v) is 7.91. The Morgan fingerprint density at radius 3 is 2.35 bits per heavy atom. The van der Waals surface area contributed by atoms with Crippen LogP contribution in [0.2, 0.25) is 0 Å². The predicted octanol–water partition coefficient (Wildman–Crippen LogP) is 3.27. The predicted molar refractivity (Wildman–Crippen MR) is 88.0 cm³/mol. The van der Waals surface area contributed by atoms with Crippen LogP contribution in [0.3, 0.4) is 0 Å². The molecule has 2 aromatic carbocycles. The number of carbonyl (C=O) groups is 1. The van der Waals surface area contributed by atoms with Crippen LogP contribution >= 0.6 is 0 Å². The van der Waals surface area contributed by atoms with Crippen LogP contribution in [0.5, 0.6) is 0 Å². The Morgan fingerprint density at radius 1 is 1.13 bits per heavy atom. The van der Waals surface area contributed by atoms with E-state index in [4.69, 9.17) is 5.73 Å². The first kappa shape index (κ1) is 15.7. The van der Waals surface area contributed by atoms with Crippen molar-refractivity contribution in [3.63, 3.8) is 0 Å². The quantitative estimate of drug-likeness (QED) is 0.890. The van der Waals surface area contributed by atoms with Crippen molar-refractivity contribution in [2.45, 2.75) is 31.3 Å². The number of halogens is 1. The highest BCUT2D eigenvalue weighted by Gasteiger charge is 2.48. The Kier molecular flexibility index (Phi) is 4.18. The lowest BCUT2D eigenvalue weighted by Gasteiger charge is -2.24. The van der Waals surface area contributed by atoms with Gasteiger partial charge in [0.15, 0.2) is 0 Å². The van der Waals surface area contributed by atoms with Crippen molar-refractivity contribution in [1.82, 2.24) is 5.32 Å². The van der Waals surface area contributed by atoms with E-state index in [0.29, 0.717) is 5.56 Å². The summed E-state index contributed by atoms with van der Waals surface area (Å²) in [5, 5.41) is 3.02. The number of amides is 1. The van der Waals surface area contributed by atoms with Crippen LogP contribution in [-0.2, 0) is 10.3 Å². The highest BCUT2D eigenvalue weighted by atomic mass is 19.1. The van der Waals surface area contributed by atoms with E-state index in [-0.39, 0.29) is 23.7 Å². The molecule has 3 nitrogen and oxygen atoms in total. The number of rotatable bonds is 5. The lowest BCUT2D eigenvalue weighted by atomic mass is 9.93. The van der Waals surface area contributed by atoms with Gasteiger partial charge in [0.1, 0.15) is 5.82 Å². The third-order valence-corrected chi connectivity index (χ3v) is 4.64.